The Kier molecular flexibility index (Phi) is 7.45. The van der Waals surface area contributed by atoms with Crippen LogP contribution in [-0.2, 0) is 6.42 Å². The monoisotopic (exact) mass is 363 g/mol. The van der Waals surface area contributed by atoms with Crippen LogP contribution in [0.15, 0.2) is 60.3 Å². The SMILES string of the molecule is O=C(NCCCc1ccccc1)c1ccc(NCCC2=CCCCC2)nc1. The molecule has 3 rings (SSSR count). The van der Waals surface area contributed by atoms with Crippen molar-refractivity contribution < 1.29 is 4.79 Å². The number of amides is 1. The van der Waals surface area contributed by atoms with Gasteiger partial charge in [0, 0.05) is 19.3 Å². The van der Waals surface area contributed by atoms with Gasteiger partial charge >= 0.3 is 0 Å². The molecule has 0 aliphatic heterocycles. The normalized spacial score (nSPS) is 13.7. The van der Waals surface area contributed by atoms with Gasteiger partial charge in [-0.25, -0.2) is 4.98 Å². The van der Waals surface area contributed by atoms with Gasteiger partial charge in [0.25, 0.3) is 5.91 Å². The Morgan fingerprint density at radius 3 is 2.63 bits per heavy atom. The zero-order valence-electron chi connectivity index (χ0n) is 15.9. The van der Waals surface area contributed by atoms with Gasteiger partial charge in [-0.15, -0.1) is 0 Å². The molecule has 1 amide bonds. The fraction of sp³-hybridized carbons (Fsp3) is 0.391. The second-order valence-electron chi connectivity index (χ2n) is 7.06. The molecular formula is C23H29N3O. The summed E-state index contributed by atoms with van der Waals surface area (Å²) in [4.78, 5) is 16.6. The Labute approximate surface area is 162 Å². The second-order valence-corrected chi connectivity index (χ2v) is 7.06. The van der Waals surface area contributed by atoms with Gasteiger partial charge in [-0.3, -0.25) is 4.79 Å². The first-order valence-electron chi connectivity index (χ1n) is 10.0. The van der Waals surface area contributed by atoms with E-state index in [1.165, 1.54) is 31.2 Å². The van der Waals surface area contributed by atoms with Crippen LogP contribution < -0.4 is 10.6 Å². The van der Waals surface area contributed by atoms with Crippen molar-refractivity contribution in [2.45, 2.75) is 44.9 Å². The lowest BCUT2D eigenvalue weighted by Gasteiger charge is -2.13. The van der Waals surface area contributed by atoms with Gasteiger partial charge in [-0.1, -0.05) is 42.0 Å². The van der Waals surface area contributed by atoms with Crippen molar-refractivity contribution in [1.29, 1.82) is 0 Å². The molecule has 27 heavy (non-hydrogen) atoms. The van der Waals surface area contributed by atoms with Crippen LogP contribution in [0.1, 0.15) is 54.4 Å². The maximum atomic E-state index is 12.2. The fourth-order valence-electron chi connectivity index (χ4n) is 3.36. The van der Waals surface area contributed by atoms with Crippen molar-refractivity contribution in [3.05, 3.63) is 71.4 Å². The van der Waals surface area contributed by atoms with E-state index in [0.29, 0.717) is 12.1 Å². The molecule has 4 nitrogen and oxygen atoms in total. The highest BCUT2D eigenvalue weighted by Gasteiger charge is 2.06. The number of carbonyl (C=O) groups excluding carboxylic acids is 1. The number of nitrogens with one attached hydrogen (secondary N) is 2. The molecule has 0 fully saturated rings. The highest BCUT2D eigenvalue weighted by molar-refractivity contribution is 5.94. The van der Waals surface area contributed by atoms with E-state index >= 15 is 0 Å². The number of allylic oxidation sites excluding steroid dienone is 1. The van der Waals surface area contributed by atoms with Crippen LogP contribution in [-0.4, -0.2) is 24.0 Å². The van der Waals surface area contributed by atoms with Crippen LogP contribution in [0.4, 0.5) is 5.82 Å². The van der Waals surface area contributed by atoms with Crippen LogP contribution in [0.3, 0.4) is 0 Å². The van der Waals surface area contributed by atoms with E-state index in [-0.39, 0.29) is 5.91 Å². The number of carbonyl (C=O) groups is 1. The van der Waals surface area contributed by atoms with E-state index in [1.807, 2.05) is 30.3 Å². The molecule has 4 heteroatoms. The van der Waals surface area contributed by atoms with Gasteiger partial charge in [0.1, 0.15) is 5.82 Å². The zero-order valence-corrected chi connectivity index (χ0v) is 15.9. The minimum absolute atomic E-state index is 0.0607. The van der Waals surface area contributed by atoms with Gasteiger partial charge in [0.15, 0.2) is 0 Å². The van der Waals surface area contributed by atoms with Gasteiger partial charge in [0.05, 0.1) is 5.56 Å². The Hall–Kier alpha value is -2.62. The number of rotatable bonds is 9. The molecule has 0 spiro atoms. The van der Waals surface area contributed by atoms with Crippen molar-refractivity contribution in [3.63, 3.8) is 0 Å². The topological polar surface area (TPSA) is 54.0 Å². The molecule has 0 saturated carbocycles. The van der Waals surface area contributed by atoms with Crippen molar-refractivity contribution in [1.82, 2.24) is 10.3 Å². The summed E-state index contributed by atoms with van der Waals surface area (Å²) in [6.07, 6.45) is 12.1. The number of benzene rings is 1. The summed E-state index contributed by atoms with van der Waals surface area (Å²) < 4.78 is 0. The second kappa shape index (κ2) is 10.5. The van der Waals surface area contributed by atoms with E-state index in [1.54, 1.807) is 11.8 Å². The molecule has 1 aromatic carbocycles. The van der Waals surface area contributed by atoms with Crippen LogP contribution >= 0.6 is 0 Å². The Morgan fingerprint density at radius 1 is 1.00 bits per heavy atom. The molecule has 0 atom stereocenters. The van der Waals surface area contributed by atoms with E-state index in [0.717, 1.165) is 31.6 Å². The number of aryl methyl sites for hydroxylation is 1. The Morgan fingerprint density at radius 2 is 1.89 bits per heavy atom. The summed E-state index contributed by atoms with van der Waals surface area (Å²) in [6.45, 7) is 1.56. The zero-order chi connectivity index (χ0) is 18.7. The number of aromatic nitrogens is 1. The number of pyridine rings is 1. The standard InChI is InChI=1S/C23H29N3O/c27-23(25-16-7-12-19-8-3-1-4-9-19)21-13-14-22(26-18-21)24-17-15-20-10-5-2-6-11-20/h1,3-4,8-10,13-14,18H,2,5-7,11-12,15-17H2,(H,24,26)(H,25,27). The highest BCUT2D eigenvalue weighted by atomic mass is 16.1. The molecule has 0 unspecified atom stereocenters. The molecule has 1 heterocycles. The number of anilines is 1. The first-order valence-corrected chi connectivity index (χ1v) is 10.0. The summed E-state index contributed by atoms with van der Waals surface area (Å²) in [5.74, 6) is 0.765. The molecule has 0 bridgehead atoms. The third-order valence-electron chi connectivity index (χ3n) is 4.93. The molecule has 0 radical (unpaired) electrons. The molecule has 1 aromatic heterocycles. The van der Waals surface area contributed by atoms with Gasteiger partial charge in [-0.2, -0.15) is 0 Å². The fourth-order valence-corrected chi connectivity index (χ4v) is 3.36. The molecular weight excluding hydrogens is 334 g/mol. The van der Waals surface area contributed by atoms with Crippen molar-refractivity contribution in [2.24, 2.45) is 0 Å². The van der Waals surface area contributed by atoms with Crippen molar-refractivity contribution in [2.75, 3.05) is 18.4 Å². The summed E-state index contributed by atoms with van der Waals surface area (Å²) >= 11 is 0. The van der Waals surface area contributed by atoms with E-state index in [2.05, 4.69) is 33.8 Å². The average molecular weight is 364 g/mol. The maximum Gasteiger partial charge on any atom is 0.252 e. The Bertz CT molecular complexity index is 738. The van der Waals surface area contributed by atoms with Gasteiger partial charge < -0.3 is 10.6 Å². The number of nitrogens with zero attached hydrogens (tertiary/aromatic N) is 1. The lowest BCUT2D eigenvalue weighted by molar-refractivity contribution is 0.0953. The van der Waals surface area contributed by atoms with Gasteiger partial charge in [0.2, 0.25) is 0 Å². The lowest BCUT2D eigenvalue weighted by Crippen LogP contribution is -2.25. The van der Waals surface area contributed by atoms with Crippen LogP contribution in [0.2, 0.25) is 0 Å². The summed E-state index contributed by atoms with van der Waals surface area (Å²) in [7, 11) is 0. The average Bonchev–Trinajstić information content (AvgIpc) is 2.73. The third kappa shape index (κ3) is 6.55. The third-order valence-corrected chi connectivity index (χ3v) is 4.93. The first kappa shape index (κ1) is 19.2. The van der Waals surface area contributed by atoms with E-state index in [4.69, 9.17) is 0 Å². The first-order chi connectivity index (χ1) is 13.3. The smallest absolute Gasteiger partial charge is 0.252 e. The van der Waals surface area contributed by atoms with E-state index in [9.17, 15) is 4.79 Å². The summed E-state index contributed by atoms with van der Waals surface area (Å²) in [5, 5.41) is 6.31. The number of hydrogen-bond donors (Lipinski definition) is 2. The van der Waals surface area contributed by atoms with Crippen LogP contribution in [0.25, 0.3) is 0 Å². The van der Waals surface area contributed by atoms with Crippen molar-refractivity contribution in [3.8, 4) is 0 Å². The van der Waals surface area contributed by atoms with Crippen LogP contribution in [0.5, 0.6) is 0 Å². The molecule has 1 aliphatic rings. The maximum absolute atomic E-state index is 12.2. The quantitative estimate of drug-likeness (QED) is 0.499. The Balaban J connectivity index is 1.36. The molecule has 1 aliphatic carbocycles. The molecule has 2 N–H and O–H groups in total. The highest BCUT2D eigenvalue weighted by Crippen LogP contribution is 2.20. The molecule has 142 valence electrons. The van der Waals surface area contributed by atoms with Crippen molar-refractivity contribution >= 4 is 11.7 Å². The lowest BCUT2D eigenvalue weighted by atomic mass is 9.97. The summed E-state index contributed by atoms with van der Waals surface area (Å²) in [6, 6.07) is 14.0. The van der Waals surface area contributed by atoms with Crippen LogP contribution in [0, 0.1) is 0 Å². The minimum Gasteiger partial charge on any atom is -0.370 e. The van der Waals surface area contributed by atoms with Gasteiger partial charge in [-0.05, 0) is 62.6 Å². The largest absolute Gasteiger partial charge is 0.370 e. The predicted molar refractivity (Wildman–Crippen MR) is 111 cm³/mol. The molecule has 2 aromatic rings. The number of hydrogen-bond acceptors (Lipinski definition) is 3. The molecule has 0 saturated heterocycles. The van der Waals surface area contributed by atoms with E-state index < -0.39 is 0 Å². The predicted octanol–water partition coefficient (Wildman–Crippen LogP) is 4.75. The summed E-state index contributed by atoms with van der Waals surface area (Å²) in [5.41, 5.74) is 3.46. The minimum atomic E-state index is -0.0607.